The van der Waals surface area contributed by atoms with Crippen molar-refractivity contribution in [3.63, 3.8) is 0 Å². The maximum atomic E-state index is 11.3. The molecule has 19 heavy (non-hydrogen) atoms. The summed E-state index contributed by atoms with van der Waals surface area (Å²) in [5, 5.41) is 9.70. The quantitative estimate of drug-likeness (QED) is 0.785. The molecule has 1 rings (SSSR count). The van der Waals surface area contributed by atoms with E-state index in [1.807, 2.05) is 0 Å². The Morgan fingerprint density at radius 1 is 1.32 bits per heavy atom. The standard InChI is InChI=1S/C13H18O5S/c1-3-18-13(15)12(14)11-6-4-10(5-7-11)8-9-19(2,16)17/h4-7,12,14H,3,8-9H2,1-2H3. The van der Waals surface area contributed by atoms with Crippen LogP contribution in [0.2, 0.25) is 0 Å². The fourth-order valence-corrected chi connectivity index (χ4v) is 2.13. The first-order valence-corrected chi connectivity index (χ1v) is 8.01. The second-order valence-electron chi connectivity index (χ2n) is 4.28. The molecule has 0 aromatic heterocycles. The zero-order chi connectivity index (χ0) is 14.5. The van der Waals surface area contributed by atoms with Crippen molar-refractivity contribution in [1.29, 1.82) is 0 Å². The van der Waals surface area contributed by atoms with Gasteiger partial charge in [-0.05, 0) is 24.5 Å². The highest BCUT2D eigenvalue weighted by Crippen LogP contribution is 2.15. The maximum absolute atomic E-state index is 11.3. The van der Waals surface area contributed by atoms with Crippen LogP contribution in [0.25, 0.3) is 0 Å². The molecule has 1 N–H and O–H groups in total. The minimum atomic E-state index is -2.99. The second-order valence-corrected chi connectivity index (χ2v) is 6.54. The molecule has 0 radical (unpaired) electrons. The fraction of sp³-hybridized carbons (Fsp3) is 0.462. The van der Waals surface area contributed by atoms with E-state index in [0.717, 1.165) is 5.56 Å². The van der Waals surface area contributed by atoms with Gasteiger partial charge in [0.05, 0.1) is 12.4 Å². The van der Waals surface area contributed by atoms with E-state index < -0.39 is 21.9 Å². The zero-order valence-electron chi connectivity index (χ0n) is 11.0. The van der Waals surface area contributed by atoms with Crippen molar-refractivity contribution >= 4 is 15.8 Å². The Kier molecular flexibility index (Phi) is 5.50. The van der Waals surface area contributed by atoms with Gasteiger partial charge in [0.2, 0.25) is 0 Å². The van der Waals surface area contributed by atoms with E-state index in [9.17, 15) is 18.3 Å². The Morgan fingerprint density at radius 3 is 2.37 bits per heavy atom. The van der Waals surface area contributed by atoms with Crippen molar-refractivity contribution in [3.8, 4) is 0 Å². The normalized spacial score (nSPS) is 13.0. The van der Waals surface area contributed by atoms with Crippen LogP contribution in [0.1, 0.15) is 24.2 Å². The van der Waals surface area contributed by atoms with Crippen molar-refractivity contribution < 1.29 is 23.1 Å². The van der Waals surface area contributed by atoms with Gasteiger partial charge < -0.3 is 9.84 Å². The van der Waals surface area contributed by atoms with Crippen LogP contribution in [0.15, 0.2) is 24.3 Å². The van der Waals surface area contributed by atoms with Crippen LogP contribution in [0.4, 0.5) is 0 Å². The number of hydrogen-bond donors (Lipinski definition) is 1. The summed E-state index contributed by atoms with van der Waals surface area (Å²) in [4.78, 5) is 11.3. The van der Waals surface area contributed by atoms with Crippen molar-refractivity contribution in [2.75, 3.05) is 18.6 Å². The van der Waals surface area contributed by atoms with Gasteiger partial charge in [-0.15, -0.1) is 0 Å². The molecule has 1 aromatic rings. The fourth-order valence-electron chi connectivity index (χ4n) is 1.53. The summed E-state index contributed by atoms with van der Waals surface area (Å²) in [5.41, 5.74) is 1.27. The van der Waals surface area contributed by atoms with Crippen molar-refractivity contribution in [2.24, 2.45) is 0 Å². The Balaban J connectivity index is 2.68. The number of benzene rings is 1. The number of esters is 1. The van der Waals surface area contributed by atoms with Crippen molar-refractivity contribution in [2.45, 2.75) is 19.4 Å². The number of rotatable bonds is 6. The first kappa shape index (κ1) is 15.7. The van der Waals surface area contributed by atoms with Crippen LogP contribution >= 0.6 is 0 Å². The van der Waals surface area contributed by atoms with Gasteiger partial charge in [0.1, 0.15) is 9.84 Å². The van der Waals surface area contributed by atoms with Gasteiger partial charge in [-0.2, -0.15) is 0 Å². The van der Waals surface area contributed by atoms with E-state index in [2.05, 4.69) is 0 Å². The minimum Gasteiger partial charge on any atom is -0.464 e. The first-order valence-electron chi connectivity index (χ1n) is 5.94. The number of hydrogen-bond acceptors (Lipinski definition) is 5. The topological polar surface area (TPSA) is 80.7 Å². The van der Waals surface area contributed by atoms with E-state index in [1.165, 1.54) is 6.26 Å². The molecule has 1 atom stereocenters. The molecule has 6 heteroatoms. The number of sulfone groups is 1. The number of carbonyl (C=O) groups excluding carboxylic acids is 1. The average molecular weight is 286 g/mol. The average Bonchev–Trinajstić information content (AvgIpc) is 2.35. The molecule has 0 aliphatic rings. The number of carbonyl (C=O) groups is 1. The minimum absolute atomic E-state index is 0.0762. The molecule has 0 aliphatic heterocycles. The number of ether oxygens (including phenoxy) is 1. The number of aliphatic hydroxyl groups excluding tert-OH is 1. The molecule has 0 saturated carbocycles. The van der Waals surface area contributed by atoms with E-state index in [1.54, 1.807) is 31.2 Å². The highest BCUT2D eigenvalue weighted by molar-refractivity contribution is 7.90. The van der Waals surface area contributed by atoms with Crippen LogP contribution < -0.4 is 0 Å². The van der Waals surface area contributed by atoms with Gasteiger partial charge in [-0.1, -0.05) is 24.3 Å². The molecule has 1 aromatic carbocycles. The van der Waals surface area contributed by atoms with Gasteiger partial charge in [0, 0.05) is 6.26 Å². The third-order valence-corrected chi connectivity index (χ3v) is 3.51. The van der Waals surface area contributed by atoms with Gasteiger partial charge in [0.25, 0.3) is 0 Å². The van der Waals surface area contributed by atoms with Crippen LogP contribution in [0.3, 0.4) is 0 Å². The second kappa shape index (κ2) is 6.68. The predicted octanol–water partition coefficient (Wildman–Crippen LogP) is 0.870. The van der Waals surface area contributed by atoms with Gasteiger partial charge in [-0.3, -0.25) is 0 Å². The van der Waals surface area contributed by atoms with Gasteiger partial charge >= 0.3 is 5.97 Å². The molecule has 0 bridgehead atoms. The predicted molar refractivity (Wildman–Crippen MR) is 71.4 cm³/mol. The molecule has 1 unspecified atom stereocenters. The summed E-state index contributed by atoms with van der Waals surface area (Å²) in [6.45, 7) is 1.88. The molecule has 0 fully saturated rings. The highest BCUT2D eigenvalue weighted by atomic mass is 32.2. The van der Waals surface area contributed by atoms with Crippen LogP contribution in [-0.2, 0) is 25.8 Å². The van der Waals surface area contributed by atoms with E-state index in [4.69, 9.17) is 4.74 Å². The van der Waals surface area contributed by atoms with Crippen LogP contribution in [0.5, 0.6) is 0 Å². The summed E-state index contributed by atoms with van der Waals surface area (Å²) in [7, 11) is -2.99. The van der Waals surface area contributed by atoms with E-state index >= 15 is 0 Å². The third kappa shape index (κ3) is 5.40. The number of aryl methyl sites for hydroxylation is 1. The lowest BCUT2D eigenvalue weighted by atomic mass is 10.1. The highest BCUT2D eigenvalue weighted by Gasteiger charge is 2.18. The zero-order valence-corrected chi connectivity index (χ0v) is 11.8. The molecule has 0 aliphatic carbocycles. The number of aliphatic hydroxyl groups is 1. The molecule has 0 saturated heterocycles. The monoisotopic (exact) mass is 286 g/mol. The summed E-state index contributed by atoms with van der Waals surface area (Å²) >= 11 is 0. The summed E-state index contributed by atoms with van der Waals surface area (Å²) in [6, 6.07) is 6.59. The molecular formula is C13H18O5S. The largest absolute Gasteiger partial charge is 0.464 e. The smallest absolute Gasteiger partial charge is 0.339 e. The molecule has 5 nitrogen and oxygen atoms in total. The third-order valence-electron chi connectivity index (χ3n) is 2.57. The summed E-state index contributed by atoms with van der Waals surface area (Å²) in [6.07, 6.45) is 0.296. The molecule has 106 valence electrons. The van der Waals surface area contributed by atoms with Gasteiger partial charge in [0.15, 0.2) is 6.10 Å². The van der Waals surface area contributed by atoms with E-state index in [0.29, 0.717) is 12.0 Å². The maximum Gasteiger partial charge on any atom is 0.339 e. The lowest BCUT2D eigenvalue weighted by molar-refractivity contribution is -0.153. The lowest BCUT2D eigenvalue weighted by Gasteiger charge is -2.10. The Labute approximate surface area is 113 Å². The Morgan fingerprint density at radius 2 is 1.89 bits per heavy atom. The first-order chi connectivity index (χ1) is 8.83. The van der Waals surface area contributed by atoms with Crippen LogP contribution in [-0.4, -0.2) is 38.1 Å². The molecule has 0 amide bonds. The van der Waals surface area contributed by atoms with Crippen molar-refractivity contribution in [3.05, 3.63) is 35.4 Å². The SMILES string of the molecule is CCOC(=O)C(O)c1ccc(CCS(C)(=O)=O)cc1. The molecule has 0 spiro atoms. The Hall–Kier alpha value is -1.40. The van der Waals surface area contributed by atoms with Gasteiger partial charge in [-0.25, -0.2) is 13.2 Å². The summed E-state index contributed by atoms with van der Waals surface area (Å²) in [5.74, 6) is -0.612. The lowest BCUT2D eigenvalue weighted by Crippen LogP contribution is -2.15. The van der Waals surface area contributed by atoms with Crippen LogP contribution in [0, 0.1) is 0 Å². The molecular weight excluding hydrogens is 268 g/mol. The summed E-state index contributed by atoms with van der Waals surface area (Å²) < 4.78 is 26.8. The Bertz CT molecular complexity index is 518. The molecule has 0 heterocycles. The van der Waals surface area contributed by atoms with Crippen molar-refractivity contribution in [1.82, 2.24) is 0 Å². The van der Waals surface area contributed by atoms with E-state index in [-0.39, 0.29) is 12.4 Å².